The molecule has 0 unspecified atom stereocenters. The summed E-state index contributed by atoms with van der Waals surface area (Å²) in [5.41, 5.74) is 3.14. The molecule has 3 heterocycles. The zero-order valence-electron chi connectivity index (χ0n) is 13.1. The Morgan fingerprint density at radius 2 is 1.91 bits per heavy atom. The maximum absolute atomic E-state index is 10.7. The zero-order chi connectivity index (χ0) is 15.6. The van der Waals surface area contributed by atoms with E-state index in [1.165, 1.54) is 0 Å². The van der Waals surface area contributed by atoms with Crippen molar-refractivity contribution in [1.82, 2.24) is 20.2 Å². The Morgan fingerprint density at radius 3 is 2.59 bits per heavy atom. The minimum Gasteiger partial charge on any atom is -0.385 e. The molecule has 22 heavy (non-hydrogen) atoms. The van der Waals surface area contributed by atoms with Crippen molar-refractivity contribution in [1.29, 1.82) is 0 Å². The molecule has 0 amide bonds. The monoisotopic (exact) mass is 298 g/mol. The van der Waals surface area contributed by atoms with E-state index in [0.717, 1.165) is 53.4 Å². The first-order chi connectivity index (χ1) is 10.8. The molecule has 0 bridgehead atoms. The van der Waals surface area contributed by atoms with Crippen LogP contribution in [0.5, 0.6) is 0 Å². The molecule has 116 valence electrons. The highest BCUT2D eigenvalue weighted by Crippen LogP contribution is 2.39. The number of pyridine rings is 1. The average Bonchev–Trinajstić information content (AvgIpc) is 3.28. The van der Waals surface area contributed by atoms with E-state index in [1.54, 1.807) is 12.4 Å². The van der Waals surface area contributed by atoms with Gasteiger partial charge >= 0.3 is 0 Å². The molecular formula is C17H22N4O. The lowest BCUT2D eigenvalue weighted by molar-refractivity contribution is 0.0443. The number of rotatable bonds is 2. The van der Waals surface area contributed by atoms with Crippen molar-refractivity contribution >= 4 is 11.0 Å². The Morgan fingerprint density at radius 1 is 1.14 bits per heavy atom. The van der Waals surface area contributed by atoms with Crippen molar-refractivity contribution in [2.75, 3.05) is 0 Å². The van der Waals surface area contributed by atoms with Crippen LogP contribution in [0.4, 0.5) is 0 Å². The summed E-state index contributed by atoms with van der Waals surface area (Å²) in [6.07, 6.45) is 11.2. The predicted octanol–water partition coefficient (Wildman–Crippen LogP) is 3.74. The summed E-state index contributed by atoms with van der Waals surface area (Å²) in [5, 5.41) is 18.6. The van der Waals surface area contributed by atoms with Crippen molar-refractivity contribution in [3.63, 3.8) is 0 Å². The molecule has 5 nitrogen and oxygen atoms in total. The summed E-state index contributed by atoms with van der Waals surface area (Å²) < 4.78 is 0. The summed E-state index contributed by atoms with van der Waals surface area (Å²) in [6.45, 7) is 4.00. The fraction of sp³-hybridized carbons (Fsp3) is 0.412. The van der Waals surface area contributed by atoms with E-state index in [4.69, 9.17) is 0 Å². The normalized spacial score (nSPS) is 16.5. The van der Waals surface area contributed by atoms with Crippen molar-refractivity contribution in [2.24, 2.45) is 0 Å². The Labute approximate surface area is 129 Å². The second-order valence-electron chi connectivity index (χ2n) is 5.55. The molecule has 3 aromatic heterocycles. The van der Waals surface area contributed by atoms with E-state index in [1.807, 2.05) is 26.2 Å². The number of hydrogen-bond donors (Lipinski definition) is 3. The Kier molecular flexibility index (Phi) is 3.98. The van der Waals surface area contributed by atoms with Gasteiger partial charge in [-0.3, -0.25) is 5.10 Å². The zero-order valence-corrected chi connectivity index (χ0v) is 13.1. The van der Waals surface area contributed by atoms with E-state index in [9.17, 15) is 5.11 Å². The molecule has 1 fully saturated rings. The van der Waals surface area contributed by atoms with Crippen molar-refractivity contribution in [2.45, 2.75) is 45.1 Å². The summed E-state index contributed by atoms with van der Waals surface area (Å²) in [6, 6.07) is 2.06. The number of aliphatic hydroxyl groups is 1. The number of nitrogens with one attached hydrogen (secondary N) is 2. The van der Waals surface area contributed by atoms with Gasteiger partial charge in [-0.05, 0) is 18.9 Å². The fourth-order valence-electron chi connectivity index (χ4n) is 3.14. The van der Waals surface area contributed by atoms with Gasteiger partial charge < -0.3 is 10.1 Å². The van der Waals surface area contributed by atoms with Crippen molar-refractivity contribution in [3.05, 3.63) is 36.4 Å². The number of nitrogens with zero attached hydrogens (tertiary/aromatic N) is 2. The molecule has 0 saturated heterocycles. The number of fused-ring (bicyclic) bond motifs is 1. The number of H-pyrrole nitrogens is 2. The molecular weight excluding hydrogens is 276 g/mol. The molecule has 0 aromatic carbocycles. The van der Waals surface area contributed by atoms with Gasteiger partial charge in [0.05, 0.1) is 11.8 Å². The molecule has 0 radical (unpaired) electrons. The molecule has 5 heteroatoms. The van der Waals surface area contributed by atoms with Crippen LogP contribution in [0.2, 0.25) is 0 Å². The lowest BCUT2D eigenvalue weighted by Gasteiger charge is -2.22. The third kappa shape index (κ3) is 2.41. The van der Waals surface area contributed by atoms with Gasteiger partial charge in [-0.1, -0.05) is 26.7 Å². The summed E-state index contributed by atoms with van der Waals surface area (Å²) >= 11 is 0. The highest BCUT2D eigenvalue weighted by atomic mass is 16.3. The van der Waals surface area contributed by atoms with Crippen LogP contribution in [0, 0.1) is 0 Å². The summed E-state index contributed by atoms with van der Waals surface area (Å²) in [7, 11) is 0. The summed E-state index contributed by atoms with van der Waals surface area (Å²) in [4.78, 5) is 7.63. The van der Waals surface area contributed by atoms with Crippen LogP contribution in [0.3, 0.4) is 0 Å². The average molecular weight is 298 g/mol. The molecule has 3 N–H and O–H groups in total. The molecule has 1 aliphatic rings. The maximum Gasteiger partial charge on any atom is 0.137 e. The first-order valence-electron chi connectivity index (χ1n) is 7.95. The molecule has 0 aliphatic heterocycles. The van der Waals surface area contributed by atoms with Crippen LogP contribution >= 0.6 is 0 Å². The highest BCUT2D eigenvalue weighted by Gasteiger charge is 2.33. The minimum absolute atomic E-state index is 0.702. The quantitative estimate of drug-likeness (QED) is 0.674. The second-order valence-corrected chi connectivity index (χ2v) is 5.55. The van der Waals surface area contributed by atoms with Crippen LogP contribution in [0.1, 0.15) is 45.1 Å². The van der Waals surface area contributed by atoms with E-state index in [0.29, 0.717) is 0 Å². The van der Waals surface area contributed by atoms with Crippen LogP contribution in [0.25, 0.3) is 22.2 Å². The second kappa shape index (κ2) is 5.93. The molecule has 1 saturated carbocycles. The van der Waals surface area contributed by atoms with Crippen LogP contribution in [0.15, 0.2) is 30.9 Å². The standard InChI is InChI=1S/C15H16N4O.C2H6/c20-15(3-1-2-4-15)11-5-12-13(10-6-18-19-7-10)9-17-14(12)16-8-11;1-2/h5-9,20H,1-4H2,(H,16,17)(H,18,19);1-2H3. The van der Waals surface area contributed by atoms with Gasteiger partial charge in [-0.2, -0.15) is 5.10 Å². The maximum atomic E-state index is 10.7. The Bertz CT molecular complexity index is 739. The Hall–Kier alpha value is -2.14. The lowest BCUT2D eigenvalue weighted by atomic mass is 9.92. The van der Waals surface area contributed by atoms with Gasteiger partial charge in [0, 0.05) is 40.7 Å². The molecule has 3 aromatic rings. The van der Waals surface area contributed by atoms with Crippen molar-refractivity contribution < 1.29 is 5.11 Å². The molecule has 1 aliphatic carbocycles. The first kappa shape index (κ1) is 14.8. The highest BCUT2D eigenvalue weighted by molar-refractivity contribution is 5.93. The molecule has 0 atom stereocenters. The molecule has 0 spiro atoms. The molecule has 4 rings (SSSR count). The smallest absolute Gasteiger partial charge is 0.137 e. The lowest BCUT2D eigenvalue weighted by Crippen LogP contribution is -2.20. The third-order valence-corrected chi connectivity index (χ3v) is 4.31. The third-order valence-electron chi connectivity index (χ3n) is 4.31. The minimum atomic E-state index is -0.702. The number of aromatic amines is 2. The van der Waals surface area contributed by atoms with E-state index < -0.39 is 5.60 Å². The van der Waals surface area contributed by atoms with Gasteiger partial charge in [0.25, 0.3) is 0 Å². The first-order valence-corrected chi connectivity index (χ1v) is 7.95. The van der Waals surface area contributed by atoms with Crippen LogP contribution in [-0.4, -0.2) is 25.3 Å². The summed E-state index contributed by atoms with van der Waals surface area (Å²) in [5.74, 6) is 0. The van der Waals surface area contributed by atoms with Gasteiger partial charge in [0.15, 0.2) is 0 Å². The SMILES string of the molecule is CC.OC1(c2cnc3[nH]cc(-c4cn[nH]c4)c3c2)CCCC1. The van der Waals surface area contributed by atoms with E-state index >= 15 is 0 Å². The van der Waals surface area contributed by atoms with Gasteiger partial charge in [-0.25, -0.2) is 4.98 Å². The Balaban J connectivity index is 0.000000693. The van der Waals surface area contributed by atoms with Crippen LogP contribution < -0.4 is 0 Å². The number of hydrogen-bond acceptors (Lipinski definition) is 3. The van der Waals surface area contributed by atoms with Gasteiger partial charge in [0.1, 0.15) is 5.65 Å². The van der Waals surface area contributed by atoms with E-state index in [2.05, 4.69) is 26.2 Å². The number of aromatic nitrogens is 4. The van der Waals surface area contributed by atoms with Crippen LogP contribution in [-0.2, 0) is 5.60 Å². The predicted molar refractivity (Wildman–Crippen MR) is 87.4 cm³/mol. The largest absolute Gasteiger partial charge is 0.385 e. The van der Waals surface area contributed by atoms with Crippen molar-refractivity contribution in [3.8, 4) is 11.1 Å². The van der Waals surface area contributed by atoms with E-state index in [-0.39, 0.29) is 0 Å². The van der Waals surface area contributed by atoms with Gasteiger partial charge in [-0.15, -0.1) is 0 Å². The fourth-order valence-corrected chi connectivity index (χ4v) is 3.14. The van der Waals surface area contributed by atoms with Gasteiger partial charge in [0.2, 0.25) is 0 Å². The topological polar surface area (TPSA) is 77.6 Å².